The molecule has 0 aromatic heterocycles. The summed E-state index contributed by atoms with van der Waals surface area (Å²) in [4.78, 5) is 0. The summed E-state index contributed by atoms with van der Waals surface area (Å²) in [6, 6.07) is -0.0310. The zero-order chi connectivity index (χ0) is 13.3. The summed E-state index contributed by atoms with van der Waals surface area (Å²) in [6.45, 7) is 0.770. The number of rotatable bonds is 3. The average molecular weight is 285 g/mol. The van der Waals surface area contributed by atoms with Crippen LogP contribution in [0.2, 0.25) is 0 Å². The van der Waals surface area contributed by atoms with Crippen LogP contribution in [0.5, 0.6) is 0 Å². The van der Waals surface area contributed by atoms with Crippen molar-refractivity contribution >= 4 is 9.84 Å². The molecule has 108 valence electrons. The molecule has 1 saturated carbocycles. The summed E-state index contributed by atoms with van der Waals surface area (Å²) < 4.78 is 28.9. The Morgan fingerprint density at radius 3 is 2.68 bits per heavy atom. The summed E-state index contributed by atoms with van der Waals surface area (Å²) in [5.41, 5.74) is 0.155. The fraction of sp³-hybridized carbons (Fsp3) is 0.857. The van der Waals surface area contributed by atoms with Gasteiger partial charge in [0.1, 0.15) is 0 Å². The highest BCUT2D eigenvalue weighted by Gasteiger charge is 2.40. The van der Waals surface area contributed by atoms with Gasteiger partial charge in [0.15, 0.2) is 9.84 Å². The normalized spacial score (nSPS) is 36.0. The lowest BCUT2D eigenvalue weighted by atomic mass is 9.83. The lowest BCUT2D eigenvalue weighted by Crippen LogP contribution is -2.38. The molecule has 3 aliphatic rings. The maximum atomic E-state index is 11.3. The molecule has 1 aliphatic carbocycles. The van der Waals surface area contributed by atoms with Gasteiger partial charge in [-0.05, 0) is 25.7 Å². The Morgan fingerprint density at radius 1 is 1.21 bits per heavy atom. The molecule has 0 bridgehead atoms. The first kappa shape index (κ1) is 13.6. The molecule has 0 radical (unpaired) electrons. The molecule has 4 nitrogen and oxygen atoms in total. The lowest BCUT2D eigenvalue weighted by Gasteiger charge is -2.33. The van der Waals surface area contributed by atoms with Crippen LogP contribution in [0.25, 0.3) is 0 Å². The second-order valence-electron chi connectivity index (χ2n) is 6.20. The van der Waals surface area contributed by atoms with E-state index in [0.717, 1.165) is 13.0 Å². The fourth-order valence-electron chi connectivity index (χ4n) is 3.59. The molecule has 5 heteroatoms. The predicted molar refractivity (Wildman–Crippen MR) is 74.6 cm³/mol. The van der Waals surface area contributed by atoms with E-state index in [1.807, 2.05) is 0 Å². The smallest absolute Gasteiger partial charge is 0.173 e. The molecule has 2 unspecified atom stereocenters. The summed E-state index contributed by atoms with van der Waals surface area (Å²) in [7, 11) is -2.95. The van der Waals surface area contributed by atoms with Crippen LogP contribution >= 0.6 is 0 Å². The molecule has 3 rings (SSSR count). The number of nitrogens with one attached hydrogen (secondary N) is 1. The number of hydrogen-bond donors (Lipinski definition) is 1. The fourth-order valence-corrected chi connectivity index (χ4v) is 4.86. The molecule has 19 heavy (non-hydrogen) atoms. The number of sulfone groups is 1. The third-order valence-electron chi connectivity index (χ3n) is 4.64. The summed E-state index contributed by atoms with van der Waals surface area (Å²) >= 11 is 0. The van der Waals surface area contributed by atoms with Gasteiger partial charge >= 0.3 is 0 Å². The zero-order valence-corrected chi connectivity index (χ0v) is 12.1. The largest absolute Gasteiger partial charge is 0.370 e. The van der Waals surface area contributed by atoms with Crippen molar-refractivity contribution in [3.8, 4) is 0 Å². The molecular weight excluding hydrogens is 262 g/mol. The van der Waals surface area contributed by atoms with Crippen molar-refractivity contribution < 1.29 is 13.2 Å². The highest BCUT2D eigenvalue weighted by Crippen LogP contribution is 2.41. The van der Waals surface area contributed by atoms with Gasteiger partial charge in [0.2, 0.25) is 0 Å². The number of ether oxygens (including phenoxy) is 1. The van der Waals surface area contributed by atoms with E-state index in [2.05, 4.69) is 5.32 Å². The van der Waals surface area contributed by atoms with E-state index >= 15 is 0 Å². The number of hydrogen-bond acceptors (Lipinski definition) is 4. The standard InChI is InChI=1S/C14H23NO3S/c16-19(17)9-5-12(11-19)15-10-13-4-8-14(18-13)6-2-1-3-7-14/h5,9,12-13,15H,1-4,6-8,10-11H2. The van der Waals surface area contributed by atoms with E-state index < -0.39 is 9.84 Å². The second-order valence-corrected chi connectivity index (χ2v) is 8.13. The lowest BCUT2D eigenvalue weighted by molar-refractivity contribution is -0.0625. The molecule has 1 saturated heterocycles. The first-order valence-corrected chi connectivity index (χ1v) is 9.11. The minimum Gasteiger partial charge on any atom is -0.370 e. The quantitative estimate of drug-likeness (QED) is 0.858. The first-order chi connectivity index (χ1) is 9.07. The highest BCUT2D eigenvalue weighted by atomic mass is 32.2. The summed E-state index contributed by atoms with van der Waals surface area (Å²) in [6.07, 6.45) is 10.7. The Balaban J connectivity index is 1.46. The molecule has 2 atom stereocenters. The van der Waals surface area contributed by atoms with E-state index in [-0.39, 0.29) is 23.5 Å². The Bertz CT molecular complexity index is 451. The van der Waals surface area contributed by atoms with Crippen LogP contribution in [-0.4, -0.2) is 38.5 Å². The van der Waals surface area contributed by atoms with Crippen molar-refractivity contribution in [1.82, 2.24) is 5.32 Å². The Hall–Kier alpha value is -0.390. The van der Waals surface area contributed by atoms with Gasteiger partial charge < -0.3 is 10.1 Å². The van der Waals surface area contributed by atoms with E-state index in [0.29, 0.717) is 0 Å². The molecule has 0 aromatic rings. The molecule has 0 aromatic carbocycles. The molecule has 0 amide bonds. The maximum Gasteiger partial charge on any atom is 0.173 e. The van der Waals surface area contributed by atoms with Gasteiger partial charge in [0.05, 0.1) is 17.5 Å². The SMILES string of the molecule is O=S1(=O)C=CC(NCC2CCC3(CCCCC3)O2)C1. The van der Waals surface area contributed by atoms with Crippen molar-refractivity contribution in [3.05, 3.63) is 11.5 Å². The monoisotopic (exact) mass is 285 g/mol. The predicted octanol–water partition coefficient (Wildman–Crippen LogP) is 1.77. The van der Waals surface area contributed by atoms with Gasteiger partial charge in [-0.3, -0.25) is 0 Å². The van der Waals surface area contributed by atoms with Gasteiger partial charge in [-0.25, -0.2) is 8.42 Å². The van der Waals surface area contributed by atoms with Crippen molar-refractivity contribution in [3.63, 3.8) is 0 Å². The minimum atomic E-state index is -2.95. The Kier molecular flexibility index (Phi) is 3.71. The second kappa shape index (κ2) is 5.19. The first-order valence-electron chi connectivity index (χ1n) is 7.39. The van der Waals surface area contributed by atoms with E-state index in [9.17, 15) is 8.42 Å². The minimum absolute atomic E-state index is 0.0310. The van der Waals surface area contributed by atoms with E-state index in [1.54, 1.807) is 6.08 Å². The molecular formula is C14H23NO3S. The maximum absolute atomic E-state index is 11.3. The van der Waals surface area contributed by atoms with Crippen molar-refractivity contribution in [2.45, 2.75) is 62.7 Å². The van der Waals surface area contributed by atoms with E-state index in [4.69, 9.17) is 4.74 Å². The van der Waals surface area contributed by atoms with Gasteiger partial charge in [-0.15, -0.1) is 0 Å². The van der Waals surface area contributed by atoms with Crippen LogP contribution in [0.4, 0.5) is 0 Å². The average Bonchev–Trinajstić information content (AvgIpc) is 2.92. The van der Waals surface area contributed by atoms with Gasteiger partial charge in [-0.2, -0.15) is 0 Å². The third-order valence-corrected chi connectivity index (χ3v) is 6.04. The molecule has 2 heterocycles. The molecule has 1 spiro atoms. The Morgan fingerprint density at radius 2 is 2.00 bits per heavy atom. The molecule has 1 N–H and O–H groups in total. The van der Waals surface area contributed by atoms with Crippen LogP contribution in [0.1, 0.15) is 44.9 Å². The van der Waals surface area contributed by atoms with Crippen LogP contribution in [0, 0.1) is 0 Å². The van der Waals surface area contributed by atoms with E-state index in [1.165, 1.54) is 43.9 Å². The molecule has 2 aliphatic heterocycles. The summed E-state index contributed by atoms with van der Waals surface area (Å²) in [5, 5.41) is 4.63. The zero-order valence-electron chi connectivity index (χ0n) is 11.3. The Labute approximate surface area is 115 Å². The van der Waals surface area contributed by atoms with Crippen molar-refractivity contribution in [2.75, 3.05) is 12.3 Å². The van der Waals surface area contributed by atoms with Crippen LogP contribution < -0.4 is 5.32 Å². The summed E-state index contributed by atoms with van der Waals surface area (Å²) in [5.74, 6) is 0.199. The van der Waals surface area contributed by atoms with Crippen molar-refractivity contribution in [2.24, 2.45) is 0 Å². The van der Waals surface area contributed by atoms with Crippen LogP contribution in [0.3, 0.4) is 0 Å². The van der Waals surface area contributed by atoms with Gasteiger partial charge in [-0.1, -0.05) is 25.3 Å². The van der Waals surface area contributed by atoms with Gasteiger partial charge in [0.25, 0.3) is 0 Å². The topological polar surface area (TPSA) is 55.4 Å². The van der Waals surface area contributed by atoms with Gasteiger partial charge in [0, 0.05) is 18.0 Å². The van der Waals surface area contributed by atoms with Crippen LogP contribution in [0.15, 0.2) is 11.5 Å². The van der Waals surface area contributed by atoms with Crippen LogP contribution in [-0.2, 0) is 14.6 Å². The third kappa shape index (κ3) is 3.20. The highest BCUT2D eigenvalue weighted by molar-refractivity contribution is 7.94. The molecule has 2 fully saturated rings. The van der Waals surface area contributed by atoms with Crippen molar-refractivity contribution in [1.29, 1.82) is 0 Å².